The molecule has 1 aromatic heterocycles. The van der Waals surface area contributed by atoms with Crippen molar-refractivity contribution < 1.29 is 9.59 Å². The third-order valence-electron chi connectivity index (χ3n) is 3.95. The summed E-state index contributed by atoms with van der Waals surface area (Å²) in [5.41, 5.74) is 0.747. The smallest absolute Gasteiger partial charge is 0.246 e. The zero-order valence-corrected chi connectivity index (χ0v) is 11.7. The number of nitrogens with zero attached hydrogens (tertiary/aromatic N) is 4. The summed E-state index contributed by atoms with van der Waals surface area (Å²) in [6.45, 7) is 2.31. The van der Waals surface area contributed by atoms with Gasteiger partial charge in [0.25, 0.3) is 0 Å². The van der Waals surface area contributed by atoms with Crippen LogP contribution < -0.4 is 5.32 Å². The van der Waals surface area contributed by atoms with Gasteiger partial charge in [-0.15, -0.1) is 5.10 Å². The summed E-state index contributed by atoms with van der Waals surface area (Å²) >= 11 is 0. The van der Waals surface area contributed by atoms with E-state index in [0.717, 1.165) is 18.5 Å². The van der Waals surface area contributed by atoms with Crippen LogP contribution in [0, 0.1) is 5.92 Å². The van der Waals surface area contributed by atoms with E-state index < -0.39 is 0 Å². The third-order valence-corrected chi connectivity index (χ3v) is 3.95. The zero-order valence-electron chi connectivity index (χ0n) is 11.7. The lowest BCUT2D eigenvalue weighted by atomic mass is 10.1. The maximum Gasteiger partial charge on any atom is 0.246 e. The molecule has 3 rings (SSSR count). The first-order valence-electron chi connectivity index (χ1n) is 6.99. The second kappa shape index (κ2) is 4.88. The summed E-state index contributed by atoms with van der Waals surface area (Å²) < 4.78 is 1.62. The lowest BCUT2D eigenvalue weighted by molar-refractivity contribution is -0.136. The Labute approximate surface area is 117 Å². The monoisotopic (exact) mass is 277 g/mol. The molecule has 108 valence electrons. The van der Waals surface area contributed by atoms with Crippen LogP contribution in [0.25, 0.3) is 0 Å². The lowest BCUT2D eigenvalue weighted by Gasteiger charge is -2.27. The number of carbonyl (C=O) groups is 2. The van der Waals surface area contributed by atoms with Crippen LogP contribution in [0.1, 0.15) is 31.9 Å². The number of aromatic nitrogens is 3. The number of amides is 2. The molecule has 1 aromatic rings. The predicted molar refractivity (Wildman–Crippen MR) is 70.3 cm³/mol. The van der Waals surface area contributed by atoms with E-state index in [4.69, 9.17) is 0 Å². The van der Waals surface area contributed by atoms with Gasteiger partial charge in [0.2, 0.25) is 11.8 Å². The molecule has 2 atom stereocenters. The Morgan fingerprint density at radius 3 is 2.75 bits per heavy atom. The highest BCUT2D eigenvalue weighted by atomic mass is 16.2. The number of carbonyl (C=O) groups excluding carboxylic acids is 2. The molecule has 1 N–H and O–H groups in total. The molecule has 2 unspecified atom stereocenters. The van der Waals surface area contributed by atoms with E-state index in [1.54, 1.807) is 22.8 Å². The highest BCUT2D eigenvalue weighted by molar-refractivity contribution is 5.91. The molecular weight excluding hydrogens is 258 g/mol. The lowest BCUT2D eigenvalue weighted by Crippen LogP contribution is -2.47. The normalized spacial score (nSPS) is 27.4. The highest BCUT2D eigenvalue weighted by Gasteiger charge is 2.42. The van der Waals surface area contributed by atoms with Gasteiger partial charge in [0.1, 0.15) is 11.7 Å². The van der Waals surface area contributed by atoms with E-state index in [1.807, 2.05) is 6.92 Å². The minimum Gasteiger partial charge on any atom is -0.344 e. The topological polar surface area (TPSA) is 80.1 Å². The van der Waals surface area contributed by atoms with Crippen molar-refractivity contribution in [1.82, 2.24) is 25.2 Å². The molecule has 20 heavy (non-hydrogen) atoms. The molecular formula is C13H19N5O2. The average molecular weight is 277 g/mol. The number of hydrogen-bond acceptors (Lipinski definition) is 4. The Morgan fingerprint density at radius 2 is 2.15 bits per heavy atom. The molecule has 0 radical (unpaired) electrons. The molecule has 7 heteroatoms. The summed E-state index contributed by atoms with van der Waals surface area (Å²) in [4.78, 5) is 26.3. The summed E-state index contributed by atoms with van der Waals surface area (Å²) in [5, 5.41) is 10.8. The first-order chi connectivity index (χ1) is 9.54. The predicted octanol–water partition coefficient (Wildman–Crippen LogP) is -0.169. The molecule has 0 bridgehead atoms. The van der Waals surface area contributed by atoms with E-state index in [-0.39, 0.29) is 23.9 Å². The maximum atomic E-state index is 12.7. The van der Waals surface area contributed by atoms with Gasteiger partial charge in [0.15, 0.2) is 0 Å². The largest absolute Gasteiger partial charge is 0.344 e. The van der Waals surface area contributed by atoms with Crippen LogP contribution in [-0.2, 0) is 23.2 Å². The third kappa shape index (κ3) is 2.52. The van der Waals surface area contributed by atoms with Gasteiger partial charge >= 0.3 is 0 Å². The quantitative estimate of drug-likeness (QED) is 0.832. The van der Waals surface area contributed by atoms with Crippen LogP contribution in [0.15, 0.2) is 6.20 Å². The van der Waals surface area contributed by atoms with Crippen molar-refractivity contribution in [2.75, 3.05) is 0 Å². The van der Waals surface area contributed by atoms with E-state index in [9.17, 15) is 9.59 Å². The van der Waals surface area contributed by atoms with Crippen molar-refractivity contribution >= 4 is 11.8 Å². The van der Waals surface area contributed by atoms with Gasteiger partial charge in [-0.25, -0.2) is 0 Å². The van der Waals surface area contributed by atoms with Gasteiger partial charge in [0.05, 0.1) is 6.54 Å². The molecule has 2 aliphatic rings. The minimum atomic E-state index is -0.357. The van der Waals surface area contributed by atoms with Crippen LogP contribution in [0.2, 0.25) is 0 Å². The van der Waals surface area contributed by atoms with Crippen LogP contribution >= 0.6 is 0 Å². The molecule has 1 saturated heterocycles. The van der Waals surface area contributed by atoms with Gasteiger partial charge in [-0.2, -0.15) is 0 Å². The number of rotatable bonds is 3. The first-order valence-corrected chi connectivity index (χ1v) is 6.99. The SMILES string of the molecule is CC1CC(=O)NC(C2CC2)C(=O)N1Cc1cn(C)nn1. The van der Waals surface area contributed by atoms with Gasteiger partial charge in [-0.1, -0.05) is 5.21 Å². The van der Waals surface area contributed by atoms with Crippen molar-refractivity contribution in [2.24, 2.45) is 13.0 Å². The first kappa shape index (κ1) is 13.1. The second-order valence-electron chi connectivity index (χ2n) is 5.79. The molecule has 1 aliphatic carbocycles. The standard InChI is InChI=1S/C13H19N5O2/c1-8-5-11(19)14-12(9-3-4-9)13(20)18(8)7-10-6-17(2)16-15-10/h6,8-9,12H,3-5,7H2,1-2H3,(H,14,19). The van der Waals surface area contributed by atoms with Crippen LogP contribution in [0.5, 0.6) is 0 Å². The fourth-order valence-corrected chi connectivity index (χ4v) is 2.69. The second-order valence-corrected chi connectivity index (χ2v) is 5.79. The van der Waals surface area contributed by atoms with Gasteiger partial charge < -0.3 is 10.2 Å². The molecule has 1 saturated carbocycles. The number of nitrogens with one attached hydrogen (secondary N) is 1. The average Bonchev–Trinajstić information content (AvgIpc) is 3.15. The fraction of sp³-hybridized carbons (Fsp3) is 0.692. The molecule has 2 fully saturated rings. The molecule has 0 spiro atoms. The zero-order chi connectivity index (χ0) is 14.3. The van der Waals surface area contributed by atoms with Crippen LogP contribution in [0.3, 0.4) is 0 Å². The summed E-state index contributed by atoms with van der Waals surface area (Å²) in [6.07, 6.45) is 4.18. The van der Waals surface area contributed by atoms with Crippen molar-refractivity contribution in [1.29, 1.82) is 0 Å². The summed E-state index contributed by atoms with van der Waals surface area (Å²) in [7, 11) is 1.79. The Balaban J connectivity index is 1.81. The molecule has 7 nitrogen and oxygen atoms in total. The maximum absolute atomic E-state index is 12.7. The van der Waals surface area contributed by atoms with Crippen LogP contribution in [0.4, 0.5) is 0 Å². The van der Waals surface area contributed by atoms with E-state index >= 15 is 0 Å². The molecule has 0 aromatic carbocycles. The van der Waals surface area contributed by atoms with Gasteiger partial charge in [0, 0.05) is 25.7 Å². The van der Waals surface area contributed by atoms with Gasteiger partial charge in [-0.3, -0.25) is 14.3 Å². The van der Waals surface area contributed by atoms with Crippen molar-refractivity contribution in [3.63, 3.8) is 0 Å². The number of hydrogen-bond donors (Lipinski definition) is 1. The Hall–Kier alpha value is -1.92. The highest BCUT2D eigenvalue weighted by Crippen LogP contribution is 2.35. The van der Waals surface area contributed by atoms with Crippen molar-refractivity contribution in [3.05, 3.63) is 11.9 Å². The molecule has 2 heterocycles. The Bertz CT molecular complexity index is 537. The van der Waals surface area contributed by atoms with E-state index in [1.165, 1.54) is 0 Å². The van der Waals surface area contributed by atoms with Crippen molar-refractivity contribution in [2.45, 2.75) is 44.8 Å². The summed E-state index contributed by atoms with van der Waals surface area (Å²) in [5.74, 6) is 0.280. The minimum absolute atomic E-state index is 0.0107. The Morgan fingerprint density at radius 1 is 1.40 bits per heavy atom. The molecule has 1 aliphatic heterocycles. The van der Waals surface area contributed by atoms with E-state index in [0.29, 0.717) is 18.9 Å². The fourth-order valence-electron chi connectivity index (χ4n) is 2.69. The van der Waals surface area contributed by atoms with Crippen LogP contribution in [-0.4, -0.2) is 43.8 Å². The Kier molecular flexibility index (Phi) is 3.19. The van der Waals surface area contributed by atoms with E-state index in [2.05, 4.69) is 15.6 Å². The van der Waals surface area contributed by atoms with Crippen molar-refractivity contribution in [3.8, 4) is 0 Å². The molecule has 2 amide bonds. The number of aryl methyl sites for hydroxylation is 1. The summed E-state index contributed by atoms with van der Waals surface area (Å²) in [6, 6.07) is -0.475. The van der Waals surface area contributed by atoms with Gasteiger partial charge in [-0.05, 0) is 25.7 Å².